The normalized spacial score (nSPS) is 12.4. The van der Waals surface area contributed by atoms with Crippen LogP contribution in [0.2, 0.25) is 0 Å². The van der Waals surface area contributed by atoms with Crippen molar-refractivity contribution in [2.24, 2.45) is 0 Å². The molecule has 268 valence electrons. The second-order valence-corrected chi connectivity index (χ2v) is 15.7. The molecular weight excluding hydrogens is 717 g/mol. The summed E-state index contributed by atoms with van der Waals surface area (Å²) < 4.78 is 10.6. The summed E-state index contributed by atoms with van der Waals surface area (Å²) in [5.74, 6) is 2.55. The molecule has 0 amide bonds. The van der Waals surface area contributed by atoms with E-state index in [1.54, 1.807) is 0 Å². The van der Waals surface area contributed by atoms with Gasteiger partial charge in [-0.05, 0) is 72.6 Å². The molecule has 0 radical (unpaired) electrons. The third-order valence-electron chi connectivity index (χ3n) is 11.3. The largest absolute Gasteiger partial charge is 0.453 e. The zero-order chi connectivity index (χ0) is 37.6. The maximum Gasteiger partial charge on any atom is 0.235 e. The first-order chi connectivity index (χ1) is 28.2. The Hall–Kier alpha value is -7.15. The Morgan fingerprint density at radius 3 is 2.05 bits per heavy atom. The molecule has 0 fully saturated rings. The SMILES string of the molecule is Cc1ccc2c(c1)c1ccccc1n2-c1nc2c3c(cccc3n1)Sc1c(-c3ccccc3)cccc1-2.c1ccc2c(c1)Oc1cccc3c4ccccc4n-2c13. The van der Waals surface area contributed by atoms with Crippen LogP contribution in [0.4, 0.5) is 0 Å². The second kappa shape index (κ2) is 12.4. The first-order valence-corrected chi connectivity index (χ1v) is 20.0. The lowest BCUT2D eigenvalue weighted by atomic mass is 9.99. The van der Waals surface area contributed by atoms with Crippen molar-refractivity contribution in [1.82, 2.24) is 19.1 Å². The van der Waals surface area contributed by atoms with Gasteiger partial charge in [0, 0.05) is 42.3 Å². The Labute approximate surface area is 332 Å². The highest BCUT2D eigenvalue weighted by Gasteiger charge is 2.26. The van der Waals surface area contributed by atoms with Crippen LogP contribution in [0.1, 0.15) is 5.56 Å². The number of para-hydroxylation sites is 5. The van der Waals surface area contributed by atoms with E-state index in [1.165, 1.54) is 53.5 Å². The van der Waals surface area contributed by atoms with Crippen LogP contribution in [-0.4, -0.2) is 19.1 Å². The molecule has 0 N–H and O–H groups in total. The molecule has 0 unspecified atom stereocenters. The van der Waals surface area contributed by atoms with Crippen molar-refractivity contribution in [3.05, 3.63) is 181 Å². The number of aryl methyl sites for hydroxylation is 1. The topological polar surface area (TPSA) is 44.9 Å². The van der Waals surface area contributed by atoms with Crippen LogP contribution < -0.4 is 4.74 Å². The van der Waals surface area contributed by atoms with E-state index >= 15 is 0 Å². The van der Waals surface area contributed by atoms with E-state index in [-0.39, 0.29) is 0 Å². The van der Waals surface area contributed by atoms with Crippen molar-refractivity contribution in [2.75, 3.05) is 0 Å². The molecule has 13 rings (SSSR count). The van der Waals surface area contributed by atoms with Gasteiger partial charge >= 0.3 is 0 Å². The van der Waals surface area contributed by atoms with Crippen LogP contribution >= 0.6 is 11.8 Å². The molecule has 0 bridgehead atoms. The van der Waals surface area contributed by atoms with E-state index in [2.05, 4.69) is 174 Å². The standard InChI is InChI=1S/C33H21N3S.C18H11NO/c1-20-17-18-28-25(19-20)23-11-5-6-15-27(23)36(28)33-34-26-14-8-16-29-30(26)31(35-33)24-13-7-12-22(32(24)37-29)21-9-3-2-4-10-21;1-2-8-14-12(6-1)13-7-5-11-17-18(13)19(14)15-9-3-4-10-16(15)20-17/h2-19H,1H3;1-11H. The Bertz CT molecular complexity index is 3440. The molecule has 57 heavy (non-hydrogen) atoms. The third kappa shape index (κ3) is 4.84. The molecule has 5 nitrogen and oxygen atoms in total. The monoisotopic (exact) mass is 748 g/mol. The van der Waals surface area contributed by atoms with Crippen molar-refractivity contribution in [3.63, 3.8) is 0 Å². The smallest absolute Gasteiger partial charge is 0.235 e. The van der Waals surface area contributed by atoms with Gasteiger partial charge in [-0.3, -0.25) is 4.57 Å². The summed E-state index contributed by atoms with van der Waals surface area (Å²) in [6.45, 7) is 2.14. The Kier molecular flexibility index (Phi) is 7.01. The van der Waals surface area contributed by atoms with Gasteiger partial charge in [0.1, 0.15) is 0 Å². The number of aromatic nitrogens is 4. The van der Waals surface area contributed by atoms with Gasteiger partial charge in [0.25, 0.3) is 0 Å². The number of benzene rings is 8. The first kappa shape index (κ1) is 32.1. The van der Waals surface area contributed by atoms with Gasteiger partial charge in [0.15, 0.2) is 11.5 Å². The van der Waals surface area contributed by atoms with Crippen molar-refractivity contribution in [1.29, 1.82) is 0 Å². The average molecular weight is 749 g/mol. The van der Waals surface area contributed by atoms with Crippen LogP contribution in [-0.2, 0) is 0 Å². The fraction of sp³-hybridized carbons (Fsp3) is 0.0196. The molecule has 2 aliphatic rings. The van der Waals surface area contributed by atoms with Gasteiger partial charge in [-0.15, -0.1) is 0 Å². The molecule has 0 spiro atoms. The van der Waals surface area contributed by atoms with Gasteiger partial charge in [-0.1, -0.05) is 139 Å². The van der Waals surface area contributed by atoms with E-state index in [1.807, 2.05) is 30.0 Å². The summed E-state index contributed by atoms with van der Waals surface area (Å²) in [6.07, 6.45) is 0. The zero-order valence-corrected chi connectivity index (χ0v) is 31.7. The molecule has 0 aliphatic carbocycles. The summed E-state index contributed by atoms with van der Waals surface area (Å²) in [4.78, 5) is 12.9. The number of ether oxygens (including phenoxy) is 1. The van der Waals surface area contributed by atoms with Gasteiger partial charge in [-0.25, -0.2) is 9.97 Å². The number of rotatable bonds is 2. The zero-order valence-electron chi connectivity index (χ0n) is 30.8. The molecule has 11 aromatic rings. The number of nitrogens with zero attached hydrogens (tertiary/aromatic N) is 4. The Morgan fingerprint density at radius 2 is 1.18 bits per heavy atom. The Balaban J connectivity index is 0.000000149. The van der Waals surface area contributed by atoms with Gasteiger partial charge in [0.05, 0.1) is 39.0 Å². The Morgan fingerprint density at radius 1 is 0.509 bits per heavy atom. The molecule has 2 aliphatic heterocycles. The second-order valence-electron chi connectivity index (χ2n) is 14.6. The predicted octanol–water partition coefficient (Wildman–Crippen LogP) is 13.7. The van der Waals surface area contributed by atoms with Gasteiger partial charge in [0.2, 0.25) is 5.95 Å². The van der Waals surface area contributed by atoms with Crippen molar-refractivity contribution in [2.45, 2.75) is 16.7 Å². The summed E-state index contributed by atoms with van der Waals surface area (Å²) in [7, 11) is 0. The lowest BCUT2D eigenvalue weighted by Gasteiger charge is -2.22. The quantitative estimate of drug-likeness (QED) is 0.177. The molecule has 8 aromatic carbocycles. The summed E-state index contributed by atoms with van der Waals surface area (Å²) >= 11 is 1.82. The van der Waals surface area contributed by atoms with E-state index in [4.69, 9.17) is 14.7 Å². The highest BCUT2D eigenvalue weighted by molar-refractivity contribution is 8.00. The summed E-state index contributed by atoms with van der Waals surface area (Å²) in [5.41, 5.74) is 12.6. The molecule has 0 saturated heterocycles. The van der Waals surface area contributed by atoms with Crippen molar-refractivity contribution < 1.29 is 4.74 Å². The van der Waals surface area contributed by atoms with Crippen molar-refractivity contribution in [3.8, 4) is 45.5 Å². The highest BCUT2D eigenvalue weighted by atomic mass is 32.2. The minimum absolute atomic E-state index is 0.706. The maximum absolute atomic E-state index is 6.06. The molecule has 0 atom stereocenters. The van der Waals surface area contributed by atoms with Crippen LogP contribution in [0.5, 0.6) is 11.5 Å². The first-order valence-electron chi connectivity index (χ1n) is 19.2. The van der Waals surface area contributed by atoms with Crippen LogP contribution in [0.15, 0.2) is 186 Å². The minimum Gasteiger partial charge on any atom is -0.453 e. The third-order valence-corrected chi connectivity index (χ3v) is 12.5. The summed E-state index contributed by atoms with van der Waals surface area (Å²) in [6, 6.07) is 61.7. The van der Waals surface area contributed by atoms with E-state index in [9.17, 15) is 0 Å². The molecule has 0 saturated carbocycles. The van der Waals surface area contributed by atoms with E-state index in [0.29, 0.717) is 5.95 Å². The molecule has 5 heterocycles. The summed E-state index contributed by atoms with van der Waals surface area (Å²) in [5, 5.41) is 6.08. The van der Waals surface area contributed by atoms with Crippen LogP contribution in [0, 0.1) is 6.92 Å². The number of hydrogen-bond donors (Lipinski definition) is 0. The minimum atomic E-state index is 0.706. The van der Waals surface area contributed by atoms with E-state index in [0.717, 1.165) is 55.9 Å². The van der Waals surface area contributed by atoms with Gasteiger partial charge in [-0.2, -0.15) is 0 Å². The molecular formula is C51H32N4OS. The lowest BCUT2D eigenvalue weighted by Crippen LogP contribution is -2.06. The molecule has 3 aromatic heterocycles. The van der Waals surface area contributed by atoms with Crippen LogP contribution in [0.25, 0.3) is 88.5 Å². The number of fused-ring (bicyclic) bond motifs is 10. The van der Waals surface area contributed by atoms with Gasteiger partial charge < -0.3 is 9.30 Å². The van der Waals surface area contributed by atoms with Crippen molar-refractivity contribution >= 4 is 66.3 Å². The fourth-order valence-corrected chi connectivity index (χ4v) is 10.0. The van der Waals surface area contributed by atoms with Crippen LogP contribution in [0.3, 0.4) is 0 Å². The average Bonchev–Trinajstić information content (AvgIpc) is 3.78. The number of hydrogen-bond acceptors (Lipinski definition) is 4. The van der Waals surface area contributed by atoms with E-state index < -0.39 is 0 Å². The highest BCUT2D eigenvalue weighted by Crippen LogP contribution is 2.51. The molecule has 6 heteroatoms. The maximum atomic E-state index is 6.06. The fourth-order valence-electron chi connectivity index (χ4n) is 8.78. The lowest BCUT2D eigenvalue weighted by molar-refractivity contribution is 0.476. The predicted molar refractivity (Wildman–Crippen MR) is 234 cm³/mol.